The van der Waals surface area contributed by atoms with E-state index >= 15 is 0 Å². The number of carbonyl (C=O) groups excluding carboxylic acids is 1. The predicted octanol–water partition coefficient (Wildman–Crippen LogP) is 6.04. The van der Waals surface area contributed by atoms with E-state index in [9.17, 15) is 4.79 Å². The minimum Gasteiger partial charge on any atom is -0.497 e. The highest BCUT2D eigenvalue weighted by molar-refractivity contribution is 9.10. The van der Waals surface area contributed by atoms with Crippen LogP contribution in [0.3, 0.4) is 0 Å². The Bertz CT molecular complexity index is 810. The molecule has 0 bridgehead atoms. The molecule has 0 saturated carbocycles. The van der Waals surface area contributed by atoms with E-state index in [0.29, 0.717) is 11.7 Å². The Kier molecular flexibility index (Phi) is 8.14. The van der Waals surface area contributed by atoms with Crippen molar-refractivity contribution in [2.45, 2.75) is 52.5 Å². The molecule has 158 valence electrons. The van der Waals surface area contributed by atoms with E-state index in [4.69, 9.17) is 9.47 Å². The zero-order chi connectivity index (χ0) is 21.6. The number of amides is 1. The molecule has 1 N–H and O–H groups in total. The highest BCUT2D eigenvalue weighted by Crippen LogP contribution is 2.31. The van der Waals surface area contributed by atoms with Gasteiger partial charge >= 0.3 is 0 Å². The standard InChI is InChI=1S/C24H32BrNO3/c1-16(2)13-21(17-7-10-19(28-6)11-8-17)26-23(27)15-29-22-12-9-18(14-20(22)25)24(3,4)5/h7-12,14,16,21H,13,15H2,1-6H3,(H,26,27)/t21-/m1/s1. The zero-order valence-electron chi connectivity index (χ0n) is 18.2. The van der Waals surface area contributed by atoms with Gasteiger partial charge in [0, 0.05) is 0 Å². The average molecular weight is 462 g/mol. The summed E-state index contributed by atoms with van der Waals surface area (Å²) < 4.78 is 11.8. The maximum absolute atomic E-state index is 12.6. The van der Waals surface area contributed by atoms with Crippen LogP contribution in [0.4, 0.5) is 0 Å². The number of halogens is 1. The number of ether oxygens (including phenoxy) is 2. The van der Waals surface area contributed by atoms with E-state index in [2.05, 4.69) is 55.9 Å². The van der Waals surface area contributed by atoms with E-state index < -0.39 is 0 Å². The van der Waals surface area contributed by atoms with Crippen LogP contribution in [0.15, 0.2) is 46.9 Å². The maximum atomic E-state index is 12.6. The number of carbonyl (C=O) groups is 1. The van der Waals surface area contributed by atoms with Crippen molar-refractivity contribution in [1.82, 2.24) is 5.32 Å². The van der Waals surface area contributed by atoms with Gasteiger partial charge in [0.15, 0.2) is 6.61 Å². The van der Waals surface area contributed by atoms with Crippen LogP contribution in [-0.2, 0) is 10.2 Å². The third-order valence-corrected chi connectivity index (χ3v) is 5.34. The van der Waals surface area contributed by atoms with Crippen molar-refractivity contribution in [2.24, 2.45) is 5.92 Å². The molecule has 5 heteroatoms. The number of rotatable bonds is 8. The number of methoxy groups -OCH3 is 1. The van der Waals surface area contributed by atoms with Gasteiger partial charge in [0.25, 0.3) is 5.91 Å². The van der Waals surface area contributed by atoms with Gasteiger partial charge < -0.3 is 14.8 Å². The minimum atomic E-state index is -0.140. The number of nitrogens with one attached hydrogen (secondary N) is 1. The molecule has 0 heterocycles. The quantitative estimate of drug-likeness (QED) is 0.521. The molecule has 0 saturated heterocycles. The third kappa shape index (κ3) is 7.07. The molecule has 0 aromatic heterocycles. The Morgan fingerprint density at radius 1 is 1.10 bits per heavy atom. The summed E-state index contributed by atoms with van der Waals surface area (Å²) >= 11 is 3.56. The summed E-state index contributed by atoms with van der Waals surface area (Å²) in [6.07, 6.45) is 0.849. The van der Waals surface area contributed by atoms with Gasteiger partial charge in [0.1, 0.15) is 11.5 Å². The number of hydrogen-bond acceptors (Lipinski definition) is 3. The van der Waals surface area contributed by atoms with Gasteiger partial charge in [0.2, 0.25) is 0 Å². The van der Waals surface area contributed by atoms with Crippen molar-refractivity contribution in [1.29, 1.82) is 0 Å². The van der Waals surface area contributed by atoms with Crippen LogP contribution in [0.25, 0.3) is 0 Å². The summed E-state index contributed by atoms with van der Waals surface area (Å²) in [5.74, 6) is 1.77. The second-order valence-corrected chi connectivity index (χ2v) is 9.56. The van der Waals surface area contributed by atoms with Crippen molar-refractivity contribution in [2.75, 3.05) is 13.7 Å². The van der Waals surface area contributed by atoms with Crippen LogP contribution in [0.5, 0.6) is 11.5 Å². The van der Waals surface area contributed by atoms with E-state index in [1.54, 1.807) is 7.11 Å². The van der Waals surface area contributed by atoms with Gasteiger partial charge in [0.05, 0.1) is 17.6 Å². The van der Waals surface area contributed by atoms with Crippen LogP contribution in [0.1, 0.15) is 58.2 Å². The second-order valence-electron chi connectivity index (χ2n) is 8.71. The Morgan fingerprint density at radius 2 is 1.76 bits per heavy atom. The topological polar surface area (TPSA) is 47.6 Å². The van der Waals surface area contributed by atoms with Crippen LogP contribution in [0, 0.1) is 5.92 Å². The molecular formula is C24H32BrNO3. The van der Waals surface area contributed by atoms with Crippen molar-refractivity contribution < 1.29 is 14.3 Å². The molecule has 0 spiro atoms. The summed E-state index contributed by atoms with van der Waals surface area (Å²) in [7, 11) is 1.64. The molecule has 29 heavy (non-hydrogen) atoms. The van der Waals surface area contributed by atoms with Crippen molar-refractivity contribution in [3.8, 4) is 11.5 Å². The fourth-order valence-corrected chi connectivity index (χ4v) is 3.54. The second kappa shape index (κ2) is 10.1. The molecule has 2 rings (SSSR count). The first kappa shape index (κ1) is 23.3. The molecule has 1 atom stereocenters. The summed E-state index contributed by atoms with van der Waals surface area (Å²) in [6, 6.07) is 13.8. The molecular weight excluding hydrogens is 430 g/mol. The average Bonchev–Trinajstić information content (AvgIpc) is 2.65. The summed E-state index contributed by atoms with van der Waals surface area (Å²) in [6.45, 7) is 10.8. The van der Waals surface area contributed by atoms with Crippen molar-refractivity contribution in [3.05, 3.63) is 58.1 Å². The van der Waals surface area contributed by atoms with Gasteiger partial charge in [-0.3, -0.25) is 4.79 Å². The third-order valence-electron chi connectivity index (χ3n) is 4.72. The van der Waals surface area contributed by atoms with Crippen molar-refractivity contribution >= 4 is 21.8 Å². The van der Waals surface area contributed by atoms with Crippen LogP contribution < -0.4 is 14.8 Å². The molecule has 0 aliphatic carbocycles. The van der Waals surface area contributed by atoms with Crippen LogP contribution in [0.2, 0.25) is 0 Å². The molecule has 0 fully saturated rings. The van der Waals surface area contributed by atoms with Gasteiger partial charge in [-0.15, -0.1) is 0 Å². The maximum Gasteiger partial charge on any atom is 0.258 e. The lowest BCUT2D eigenvalue weighted by Crippen LogP contribution is -2.33. The first-order valence-corrected chi connectivity index (χ1v) is 10.8. The summed E-state index contributed by atoms with van der Waals surface area (Å²) in [4.78, 5) is 12.6. The van der Waals surface area contributed by atoms with E-state index in [1.165, 1.54) is 5.56 Å². The first-order chi connectivity index (χ1) is 13.6. The predicted molar refractivity (Wildman–Crippen MR) is 122 cm³/mol. The van der Waals surface area contributed by atoms with Gasteiger partial charge in [-0.1, -0.05) is 52.8 Å². The highest BCUT2D eigenvalue weighted by atomic mass is 79.9. The summed E-state index contributed by atoms with van der Waals surface area (Å²) in [5, 5.41) is 3.11. The Labute approximate surface area is 183 Å². The molecule has 0 unspecified atom stereocenters. The lowest BCUT2D eigenvalue weighted by Gasteiger charge is -2.22. The van der Waals surface area contributed by atoms with E-state index in [1.807, 2.05) is 42.5 Å². The SMILES string of the molecule is COc1ccc([C@@H](CC(C)C)NC(=O)COc2ccc(C(C)(C)C)cc2Br)cc1. The number of hydrogen-bond donors (Lipinski definition) is 1. The molecule has 0 aliphatic heterocycles. The molecule has 4 nitrogen and oxygen atoms in total. The largest absolute Gasteiger partial charge is 0.497 e. The van der Waals surface area contributed by atoms with Crippen LogP contribution >= 0.6 is 15.9 Å². The summed E-state index contributed by atoms with van der Waals surface area (Å²) in [5.41, 5.74) is 2.32. The molecule has 2 aromatic carbocycles. The minimum absolute atomic E-state index is 0.0295. The van der Waals surface area contributed by atoms with Gasteiger partial charge in [-0.05, 0) is 69.1 Å². The molecule has 2 aromatic rings. The smallest absolute Gasteiger partial charge is 0.258 e. The molecule has 0 aliphatic rings. The van der Waals surface area contributed by atoms with Gasteiger partial charge in [-0.25, -0.2) is 0 Å². The lowest BCUT2D eigenvalue weighted by atomic mass is 9.87. The highest BCUT2D eigenvalue weighted by Gasteiger charge is 2.18. The van der Waals surface area contributed by atoms with Crippen LogP contribution in [-0.4, -0.2) is 19.6 Å². The van der Waals surface area contributed by atoms with E-state index in [0.717, 1.165) is 22.2 Å². The Morgan fingerprint density at radius 3 is 2.28 bits per heavy atom. The zero-order valence-corrected chi connectivity index (χ0v) is 19.8. The molecule has 1 amide bonds. The molecule has 0 radical (unpaired) electrons. The Hall–Kier alpha value is -2.01. The number of benzene rings is 2. The lowest BCUT2D eigenvalue weighted by molar-refractivity contribution is -0.124. The monoisotopic (exact) mass is 461 g/mol. The first-order valence-electron chi connectivity index (χ1n) is 9.96. The fraction of sp³-hybridized carbons (Fsp3) is 0.458. The van der Waals surface area contributed by atoms with E-state index in [-0.39, 0.29) is 24.0 Å². The Balaban J connectivity index is 2.02. The van der Waals surface area contributed by atoms with Crippen molar-refractivity contribution in [3.63, 3.8) is 0 Å². The fourth-order valence-electron chi connectivity index (χ4n) is 3.05. The van der Waals surface area contributed by atoms with Gasteiger partial charge in [-0.2, -0.15) is 0 Å². The normalized spacial score (nSPS) is 12.6.